The molecule has 1 aromatic rings. The van der Waals surface area contributed by atoms with Crippen molar-refractivity contribution in [1.82, 2.24) is 5.32 Å². The predicted octanol–water partition coefficient (Wildman–Crippen LogP) is 3.19. The van der Waals surface area contributed by atoms with E-state index in [2.05, 4.69) is 17.2 Å². The van der Waals surface area contributed by atoms with Gasteiger partial charge in [0.1, 0.15) is 12.4 Å². The topological polar surface area (TPSA) is 59.6 Å². The molecule has 0 saturated heterocycles. The smallest absolute Gasteiger partial charge is 0.319 e. The molecular formula is C16H24N2O3. The molecule has 0 saturated carbocycles. The average Bonchev–Trinajstić information content (AvgIpc) is 2.45. The monoisotopic (exact) mass is 292 g/mol. The normalized spacial score (nSPS) is 10.0. The van der Waals surface area contributed by atoms with Gasteiger partial charge in [-0.3, -0.25) is 0 Å². The summed E-state index contributed by atoms with van der Waals surface area (Å²) in [5.74, 6) is 0.701. The molecule has 0 spiro atoms. The fourth-order valence-electron chi connectivity index (χ4n) is 1.57. The van der Waals surface area contributed by atoms with Crippen LogP contribution in [0.1, 0.15) is 20.3 Å². The Labute approximate surface area is 126 Å². The van der Waals surface area contributed by atoms with Crippen LogP contribution in [-0.2, 0) is 4.74 Å². The molecule has 5 heteroatoms. The maximum absolute atomic E-state index is 11.7. The van der Waals surface area contributed by atoms with Crippen LogP contribution in [0.25, 0.3) is 0 Å². The van der Waals surface area contributed by atoms with Crippen molar-refractivity contribution >= 4 is 11.7 Å². The summed E-state index contributed by atoms with van der Waals surface area (Å²) in [7, 11) is 0. The van der Waals surface area contributed by atoms with E-state index in [-0.39, 0.29) is 6.03 Å². The minimum absolute atomic E-state index is 0.233. The molecule has 2 N–H and O–H groups in total. The molecule has 1 aromatic carbocycles. The maximum atomic E-state index is 11.7. The molecule has 0 fully saturated rings. The van der Waals surface area contributed by atoms with Crippen molar-refractivity contribution in [2.45, 2.75) is 20.3 Å². The van der Waals surface area contributed by atoms with E-state index in [1.165, 1.54) is 0 Å². The second-order valence-corrected chi connectivity index (χ2v) is 4.70. The first-order valence-corrected chi connectivity index (χ1v) is 7.11. The van der Waals surface area contributed by atoms with E-state index in [1.54, 1.807) is 6.07 Å². The third kappa shape index (κ3) is 7.99. The highest BCUT2D eigenvalue weighted by atomic mass is 16.5. The Morgan fingerprint density at radius 3 is 2.90 bits per heavy atom. The lowest BCUT2D eigenvalue weighted by atomic mass is 10.3. The van der Waals surface area contributed by atoms with Gasteiger partial charge in [-0.2, -0.15) is 0 Å². The molecule has 1 rings (SSSR count). The van der Waals surface area contributed by atoms with E-state index in [0.717, 1.165) is 12.0 Å². The summed E-state index contributed by atoms with van der Waals surface area (Å²) >= 11 is 0. The van der Waals surface area contributed by atoms with Crippen molar-refractivity contribution in [3.05, 3.63) is 36.4 Å². The quantitative estimate of drug-likeness (QED) is 0.543. The molecule has 0 atom stereocenters. The van der Waals surface area contributed by atoms with Crippen LogP contribution < -0.4 is 15.4 Å². The highest BCUT2D eigenvalue weighted by Crippen LogP contribution is 2.17. The van der Waals surface area contributed by atoms with Gasteiger partial charge in [0.25, 0.3) is 0 Å². The first-order valence-electron chi connectivity index (χ1n) is 7.11. The molecule has 0 unspecified atom stereocenters. The molecule has 0 radical (unpaired) electrons. The third-order valence-electron chi connectivity index (χ3n) is 2.53. The summed E-state index contributed by atoms with van der Waals surface area (Å²) in [4.78, 5) is 11.7. The molecule has 0 aliphatic heterocycles. The Kier molecular flexibility index (Phi) is 7.97. The Morgan fingerprint density at radius 1 is 1.38 bits per heavy atom. The van der Waals surface area contributed by atoms with Crippen LogP contribution in [0.2, 0.25) is 0 Å². The summed E-state index contributed by atoms with van der Waals surface area (Å²) < 4.78 is 10.7. The lowest BCUT2D eigenvalue weighted by Crippen LogP contribution is -2.30. The number of amides is 2. The third-order valence-corrected chi connectivity index (χ3v) is 2.53. The number of ether oxygens (including phenoxy) is 2. The summed E-state index contributed by atoms with van der Waals surface area (Å²) in [6, 6.07) is 7.03. The number of carbonyl (C=O) groups excluding carboxylic acids is 1. The Hall–Kier alpha value is -2.01. The SMILES string of the molecule is C=C(C)COc1cccc(NC(=O)NCCCOCC)c1. The van der Waals surface area contributed by atoms with Crippen LogP contribution in [0.5, 0.6) is 5.75 Å². The molecule has 116 valence electrons. The van der Waals surface area contributed by atoms with E-state index in [1.807, 2.05) is 32.0 Å². The largest absolute Gasteiger partial charge is 0.489 e. The lowest BCUT2D eigenvalue weighted by Gasteiger charge is -2.10. The highest BCUT2D eigenvalue weighted by molar-refractivity contribution is 5.89. The number of benzene rings is 1. The molecule has 0 aromatic heterocycles. The van der Waals surface area contributed by atoms with Gasteiger partial charge >= 0.3 is 6.03 Å². The molecule has 21 heavy (non-hydrogen) atoms. The Morgan fingerprint density at radius 2 is 2.19 bits per heavy atom. The van der Waals surface area contributed by atoms with Crippen molar-refractivity contribution in [3.8, 4) is 5.75 Å². The van der Waals surface area contributed by atoms with Crippen molar-refractivity contribution in [2.75, 3.05) is 31.7 Å². The fourth-order valence-corrected chi connectivity index (χ4v) is 1.57. The van der Waals surface area contributed by atoms with Gasteiger partial charge in [0.2, 0.25) is 0 Å². The zero-order valence-electron chi connectivity index (χ0n) is 12.8. The van der Waals surface area contributed by atoms with Crippen molar-refractivity contribution in [1.29, 1.82) is 0 Å². The number of hydrogen-bond acceptors (Lipinski definition) is 3. The molecule has 2 amide bonds. The first-order chi connectivity index (χ1) is 10.1. The van der Waals surface area contributed by atoms with Crippen LogP contribution in [0.15, 0.2) is 36.4 Å². The number of anilines is 1. The number of rotatable bonds is 9. The minimum Gasteiger partial charge on any atom is -0.489 e. The second kappa shape index (κ2) is 9.83. The second-order valence-electron chi connectivity index (χ2n) is 4.70. The summed E-state index contributed by atoms with van der Waals surface area (Å²) in [5.41, 5.74) is 1.64. The van der Waals surface area contributed by atoms with Gasteiger partial charge in [-0.05, 0) is 38.0 Å². The molecular weight excluding hydrogens is 268 g/mol. The van der Waals surface area contributed by atoms with E-state index in [0.29, 0.717) is 37.8 Å². The molecule has 0 aliphatic carbocycles. The predicted molar refractivity (Wildman–Crippen MR) is 84.9 cm³/mol. The van der Waals surface area contributed by atoms with Gasteiger partial charge in [0.05, 0.1) is 0 Å². The zero-order chi connectivity index (χ0) is 15.5. The zero-order valence-corrected chi connectivity index (χ0v) is 12.8. The summed E-state index contributed by atoms with van der Waals surface area (Å²) in [6.45, 7) is 10.0. The maximum Gasteiger partial charge on any atom is 0.319 e. The van der Waals surface area contributed by atoms with Gasteiger partial charge in [0, 0.05) is 31.5 Å². The van der Waals surface area contributed by atoms with Crippen LogP contribution in [0.3, 0.4) is 0 Å². The molecule has 0 aliphatic rings. The van der Waals surface area contributed by atoms with Crippen molar-refractivity contribution in [2.24, 2.45) is 0 Å². The summed E-state index contributed by atoms with van der Waals surface area (Å²) in [5, 5.41) is 5.54. The van der Waals surface area contributed by atoms with Gasteiger partial charge in [-0.25, -0.2) is 4.79 Å². The number of carbonyl (C=O) groups is 1. The van der Waals surface area contributed by atoms with Gasteiger partial charge in [0.15, 0.2) is 0 Å². The number of nitrogens with one attached hydrogen (secondary N) is 2. The molecule has 0 heterocycles. The first kappa shape index (κ1) is 17.0. The summed E-state index contributed by atoms with van der Waals surface area (Å²) in [6.07, 6.45) is 0.795. The average molecular weight is 292 g/mol. The highest BCUT2D eigenvalue weighted by Gasteiger charge is 2.02. The van der Waals surface area contributed by atoms with Crippen LogP contribution >= 0.6 is 0 Å². The van der Waals surface area contributed by atoms with Gasteiger partial charge < -0.3 is 20.1 Å². The minimum atomic E-state index is -0.233. The standard InChI is InChI=1S/C16H24N2O3/c1-4-20-10-6-9-17-16(19)18-14-7-5-8-15(11-14)21-12-13(2)3/h5,7-8,11H,2,4,6,9-10,12H2,1,3H3,(H2,17,18,19). The fraction of sp³-hybridized carbons (Fsp3) is 0.438. The van der Waals surface area contributed by atoms with Gasteiger partial charge in [-0.1, -0.05) is 12.6 Å². The van der Waals surface area contributed by atoms with Crippen molar-refractivity contribution < 1.29 is 14.3 Å². The van der Waals surface area contributed by atoms with E-state index in [9.17, 15) is 4.79 Å². The van der Waals surface area contributed by atoms with E-state index < -0.39 is 0 Å². The van der Waals surface area contributed by atoms with Gasteiger partial charge in [-0.15, -0.1) is 0 Å². The van der Waals surface area contributed by atoms with Crippen LogP contribution in [0, 0.1) is 0 Å². The van der Waals surface area contributed by atoms with E-state index >= 15 is 0 Å². The number of hydrogen-bond donors (Lipinski definition) is 2. The van der Waals surface area contributed by atoms with Crippen molar-refractivity contribution in [3.63, 3.8) is 0 Å². The number of urea groups is 1. The Balaban J connectivity index is 2.34. The van der Waals surface area contributed by atoms with Crippen LogP contribution in [0.4, 0.5) is 10.5 Å². The Bertz CT molecular complexity index is 461. The van der Waals surface area contributed by atoms with Crippen LogP contribution in [-0.4, -0.2) is 32.4 Å². The molecule has 5 nitrogen and oxygen atoms in total. The van der Waals surface area contributed by atoms with E-state index in [4.69, 9.17) is 9.47 Å². The lowest BCUT2D eigenvalue weighted by molar-refractivity contribution is 0.145. The molecule has 0 bridgehead atoms.